The molecule has 1 amide bonds. The van der Waals surface area contributed by atoms with Gasteiger partial charge in [0.05, 0.1) is 10.8 Å². The largest absolute Gasteiger partial charge is 0.356 e. The molecule has 0 unspecified atom stereocenters. The number of rotatable bonds is 7. The molecule has 0 saturated carbocycles. The first-order chi connectivity index (χ1) is 13.5. The molecule has 7 heteroatoms. The number of hydrogen-bond donors (Lipinski definition) is 1. The van der Waals surface area contributed by atoms with Crippen LogP contribution in [0, 0.1) is 11.7 Å². The summed E-state index contributed by atoms with van der Waals surface area (Å²) < 4.78 is 39.8. The van der Waals surface area contributed by atoms with Gasteiger partial charge in [-0.3, -0.25) is 4.79 Å². The number of aryl methyl sites for hydroxylation is 1. The predicted octanol–water partition coefficient (Wildman–Crippen LogP) is 2.98. The minimum Gasteiger partial charge on any atom is -0.356 e. The first-order valence-electron chi connectivity index (χ1n) is 9.54. The van der Waals surface area contributed by atoms with Crippen LogP contribution < -0.4 is 5.32 Å². The lowest BCUT2D eigenvalue weighted by atomic mass is 9.99. The average Bonchev–Trinajstić information content (AvgIpc) is 2.73. The summed E-state index contributed by atoms with van der Waals surface area (Å²) in [6.07, 6.45) is 2.85. The molecule has 1 aliphatic rings. The summed E-state index contributed by atoms with van der Waals surface area (Å²) in [5.41, 5.74) is 1.02. The van der Waals surface area contributed by atoms with Crippen LogP contribution in [0.4, 0.5) is 4.39 Å². The first-order valence-corrected chi connectivity index (χ1v) is 11.0. The molecular weight excluding hydrogens is 379 g/mol. The molecule has 1 saturated heterocycles. The molecule has 2 aromatic rings. The van der Waals surface area contributed by atoms with Crippen LogP contribution in [0.3, 0.4) is 0 Å². The Labute approximate surface area is 165 Å². The second-order valence-corrected chi connectivity index (χ2v) is 8.97. The number of benzene rings is 2. The molecule has 0 radical (unpaired) electrons. The molecule has 28 heavy (non-hydrogen) atoms. The zero-order chi connectivity index (χ0) is 20.0. The molecule has 1 heterocycles. The van der Waals surface area contributed by atoms with Crippen molar-refractivity contribution in [3.8, 4) is 0 Å². The van der Waals surface area contributed by atoms with Crippen molar-refractivity contribution in [1.82, 2.24) is 9.62 Å². The van der Waals surface area contributed by atoms with Crippen molar-refractivity contribution >= 4 is 15.9 Å². The lowest BCUT2D eigenvalue weighted by Gasteiger charge is -2.31. The van der Waals surface area contributed by atoms with E-state index < -0.39 is 10.0 Å². The number of nitrogens with zero attached hydrogens (tertiary/aromatic N) is 1. The molecule has 150 valence electrons. The minimum absolute atomic E-state index is 0.105. The van der Waals surface area contributed by atoms with Crippen LogP contribution in [0.1, 0.15) is 24.8 Å². The highest BCUT2D eigenvalue weighted by Crippen LogP contribution is 2.23. The van der Waals surface area contributed by atoms with Crippen molar-refractivity contribution < 1.29 is 17.6 Å². The van der Waals surface area contributed by atoms with E-state index in [1.807, 2.05) is 0 Å². The van der Waals surface area contributed by atoms with Gasteiger partial charge in [0.25, 0.3) is 0 Å². The molecule has 1 atom stereocenters. The van der Waals surface area contributed by atoms with Gasteiger partial charge < -0.3 is 5.32 Å². The van der Waals surface area contributed by atoms with E-state index in [0.717, 1.165) is 18.4 Å². The lowest BCUT2D eigenvalue weighted by molar-refractivity contribution is -0.126. The van der Waals surface area contributed by atoms with Crippen LogP contribution in [0.15, 0.2) is 59.5 Å². The molecule has 1 N–H and O–H groups in total. The number of piperidine rings is 1. The summed E-state index contributed by atoms with van der Waals surface area (Å²) in [5, 5.41) is 2.91. The molecule has 0 spiro atoms. The third-order valence-corrected chi connectivity index (χ3v) is 6.87. The summed E-state index contributed by atoms with van der Waals surface area (Å²) >= 11 is 0. The van der Waals surface area contributed by atoms with Crippen molar-refractivity contribution in [2.45, 2.75) is 30.6 Å². The number of carbonyl (C=O) groups is 1. The zero-order valence-corrected chi connectivity index (χ0v) is 16.5. The van der Waals surface area contributed by atoms with Crippen molar-refractivity contribution in [3.05, 3.63) is 66.0 Å². The van der Waals surface area contributed by atoms with Gasteiger partial charge in [0.2, 0.25) is 15.9 Å². The Balaban J connectivity index is 1.49. The molecule has 0 bridgehead atoms. The summed E-state index contributed by atoms with van der Waals surface area (Å²) in [6, 6.07) is 14.7. The van der Waals surface area contributed by atoms with Gasteiger partial charge in [-0.15, -0.1) is 0 Å². The zero-order valence-electron chi connectivity index (χ0n) is 15.7. The fraction of sp³-hybridized carbons (Fsp3) is 0.381. The third kappa shape index (κ3) is 5.17. The average molecular weight is 405 g/mol. The Morgan fingerprint density at radius 1 is 1.11 bits per heavy atom. The van der Waals surface area contributed by atoms with E-state index in [4.69, 9.17) is 0 Å². The van der Waals surface area contributed by atoms with E-state index in [2.05, 4.69) is 5.32 Å². The molecule has 1 fully saturated rings. The number of carbonyl (C=O) groups excluding carboxylic acids is 1. The SMILES string of the molecule is O=C(NCCCc1ccc(F)cc1)[C@@H]1CCCN(S(=O)(=O)c2ccccc2)C1. The highest BCUT2D eigenvalue weighted by Gasteiger charge is 2.33. The van der Waals surface area contributed by atoms with Crippen LogP contribution in [0.2, 0.25) is 0 Å². The Morgan fingerprint density at radius 2 is 1.82 bits per heavy atom. The summed E-state index contributed by atoms with van der Waals surface area (Å²) in [6.45, 7) is 1.16. The Bertz CT molecular complexity index is 886. The smallest absolute Gasteiger partial charge is 0.243 e. The van der Waals surface area contributed by atoms with Crippen LogP contribution >= 0.6 is 0 Å². The Hall–Kier alpha value is -2.25. The van der Waals surface area contributed by atoms with E-state index in [-0.39, 0.29) is 29.1 Å². The minimum atomic E-state index is -3.57. The quantitative estimate of drug-likeness (QED) is 0.722. The van der Waals surface area contributed by atoms with Gasteiger partial charge in [-0.1, -0.05) is 30.3 Å². The van der Waals surface area contributed by atoms with Gasteiger partial charge in [-0.2, -0.15) is 4.31 Å². The summed E-state index contributed by atoms with van der Waals surface area (Å²) in [5.74, 6) is -0.700. The molecule has 0 aromatic heterocycles. The Kier molecular flexibility index (Phi) is 6.80. The monoisotopic (exact) mass is 404 g/mol. The maximum Gasteiger partial charge on any atom is 0.243 e. The topological polar surface area (TPSA) is 66.5 Å². The Morgan fingerprint density at radius 3 is 2.54 bits per heavy atom. The molecule has 5 nitrogen and oxygen atoms in total. The van der Waals surface area contributed by atoms with E-state index in [9.17, 15) is 17.6 Å². The van der Waals surface area contributed by atoms with E-state index >= 15 is 0 Å². The first kappa shape index (κ1) is 20.5. The number of nitrogens with one attached hydrogen (secondary N) is 1. The van der Waals surface area contributed by atoms with E-state index in [0.29, 0.717) is 25.9 Å². The fourth-order valence-electron chi connectivity index (χ4n) is 3.42. The molecule has 0 aliphatic carbocycles. The van der Waals surface area contributed by atoms with Crippen molar-refractivity contribution in [3.63, 3.8) is 0 Å². The van der Waals surface area contributed by atoms with E-state index in [1.165, 1.54) is 16.4 Å². The standard InChI is InChI=1S/C21H25FN2O3S/c22-19-12-10-17(11-13-19)6-4-14-23-21(25)18-7-5-15-24(16-18)28(26,27)20-8-2-1-3-9-20/h1-3,8-13,18H,4-7,14-16H2,(H,23,25)/t18-/m1/s1. The maximum absolute atomic E-state index is 12.9. The second kappa shape index (κ2) is 9.30. The van der Waals surface area contributed by atoms with Gasteiger partial charge in [0, 0.05) is 19.6 Å². The van der Waals surface area contributed by atoms with Crippen molar-refractivity contribution in [2.24, 2.45) is 5.92 Å². The summed E-state index contributed by atoms with van der Waals surface area (Å²) in [4.78, 5) is 12.7. The number of hydrogen-bond acceptors (Lipinski definition) is 3. The van der Waals surface area contributed by atoms with Crippen LogP contribution in [0.5, 0.6) is 0 Å². The number of sulfonamides is 1. The third-order valence-electron chi connectivity index (χ3n) is 4.99. The highest BCUT2D eigenvalue weighted by molar-refractivity contribution is 7.89. The summed E-state index contributed by atoms with van der Waals surface area (Å²) in [7, 11) is -3.57. The maximum atomic E-state index is 12.9. The molecular formula is C21H25FN2O3S. The number of amides is 1. The molecule has 3 rings (SSSR count). The van der Waals surface area contributed by atoms with Gasteiger partial charge in [0.1, 0.15) is 5.82 Å². The molecule has 2 aromatic carbocycles. The van der Waals surface area contributed by atoms with E-state index in [1.54, 1.807) is 42.5 Å². The van der Waals surface area contributed by atoms with Crippen LogP contribution in [-0.4, -0.2) is 38.3 Å². The van der Waals surface area contributed by atoms with Crippen molar-refractivity contribution in [1.29, 1.82) is 0 Å². The number of halogens is 1. The van der Waals surface area contributed by atoms with Gasteiger partial charge in [-0.25, -0.2) is 12.8 Å². The fourth-order valence-corrected chi connectivity index (χ4v) is 4.96. The lowest BCUT2D eigenvalue weighted by Crippen LogP contribution is -2.45. The highest BCUT2D eigenvalue weighted by atomic mass is 32.2. The van der Waals surface area contributed by atoms with Crippen molar-refractivity contribution in [2.75, 3.05) is 19.6 Å². The van der Waals surface area contributed by atoms with Gasteiger partial charge >= 0.3 is 0 Å². The van der Waals surface area contributed by atoms with Gasteiger partial charge in [-0.05, 0) is 55.5 Å². The normalized spacial score (nSPS) is 18.0. The van der Waals surface area contributed by atoms with Crippen LogP contribution in [0.25, 0.3) is 0 Å². The van der Waals surface area contributed by atoms with Gasteiger partial charge in [0.15, 0.2) is 0 Å². The second-order valence-electron chi connectivity index (χ2n) is 7.04. The molecule has 1 aliphatic heterocycles. The van der Waals surface area contributed by atoms with Crippen LogP contribution in [-0.2, 0) is 21.2 Å². The predicted molar refractivity (Wildman–Crippen MR) is 106 cm³/mol.